The SMILES string of the molecule is CCCOc1ccc(NC(=O)CCC(C)N)cc1OCCC. The van der Waals surface area contributed by atoms with Crippen LogP contribution in [0.1, 0.15) is 46.5 Å². The van der Waals surface area contributed by atoms with Gasteiger partial charge in [-0.05, 0) is 38.3 Å². The van der Waals surface area contributed by atoms with Crippen LogP contribution in [0.2, 0.25) is 0 Å². The Bertz CT molecular complexity index is 461. The summed E-state index contributed by atoms with van der Waals surface area (Å²) in [5, 5.41) is 2.87. The van der Waals surface area contributed by atoms with Crippen molar-refractivity contribution in [3.63, 3.8) is 0 Å². The predicted octanol–water partition coefficient (Wildman–Crippen LogP) is 3.33. The Morgan fingerprint density at radius 2 is 1.82 bits per heavy atom. The molecule has 1 aromatic rings. The van der Waals surface area contributed by atoms with E-state index in [2.05, 4.69) is 12.2 Å². The fraction of sp³-hybridized carbons (Fsp3) is 0.588. The number of nitrogens with two attached hydrogens (primary N) is 1. The van der Waals surface area contributed by atoms with Crippen LogP contribution in [0, 0.1) is 0 Å². The molecule has 0 aliphatic rings. The first-order valence-electron chi connectivity index (χ1n) is 8.01. The van der Waals surface area contributed by atoms with Gasteiger partial charge in [0.25, 0.3) is 0 Å². The molecule has 0 heterocycles. The second-order valence-electron chi connectivity index (χ2n) is 5.42. The molecule has 22 heavy (non-hydrogen) atoms. The van der Waals surface area contributed by atoms with Crippen LogP contribution in [-0.4, -0.2) is 25.2 Å². The van der Waals surface area contributed by atoms with Gasteiger partial charge in [-0.25, -0.2) is 0 Å². The smallest absolute Gasteiger partial charge is 0.224 e. The number of hydrogen-bond donors (Lipinski definition) is 2. The molecular formula is C17H28N2O3. The summed E-state index contributed by atoms with van der Waals surface area (Å²) in [4.78, 5) is 11.9. The molecule has 0 aliphatic carbocycles. The normalized spacial score (nSPS) is 11.8. The molecule has 0 radical (unpaired) electrons. The Hall–Kier alpha value is -1.75. The minimum Gasteiger partial charge on any atom is -0.490 e. The molecule has 0 spiro atoms. The van der Waals surface area contributed by atoms with Crippen molar-refractivity contribution in [3.8, 4) is 11.5 Å². The largest absolute Gasteiger partial charge is 0.490 e. The van der Waals surface area contributed by atoms with E-state index < -0.39 is 0 Å². The highest BCUT2D eigenvalue weighted by atomic mass is 16.5. The maximum Gasteiger partial charge on any atom is 0.224 e. The molecule has 0 saturated carbocycles. The molecule has 0 saturated heterocycles. The van der Waals surface area contributed by atoms with E-state index in [-0.39, 0.29) is 11.9 Å². The van der Waals surface area contributed by atoms with Gasteiger partial charge >= 0.3 is 0 Å². The van der Waals surface area contributed by atoms with Crippen molar-refractivity contribution in [2.75, 3.05) is 18.5 Å². The second-order valence-corrected chi connectivity index (χ2v) is 5.42. The maximum atomic E-state index is 11.9. The van der Waals surface area contributed by atoms with Crippen molar-refractivity contribution in [2.24, 2.45) is 5.73 Å². The van der Waals surface area contributed by atoms with Crippen LogP contribution in [0.3, 0.4) is 0 Å². The fourth-order valence-electron chi connectivity index (χ4n) is 1.82. The van der Waals surface area contributed by atoms with Gasteiger partial charge in [-0.1, -0.05) is 13.8 Å². The highest BCUT2D eigenvalue weighted by molar-refractivity contribution is 5.91. The minimum atomic E-state index is -0.0408. The number of ether oxygens (including phenoxy) is 2. The van der Waals surface area contributed by atoms with Crippen molar-refractivity contribution in [2.45, 2.75) is 52.5 Å². The van der Waals surface area contributed by atoms with Crippen LogP contribution in [0.25, 0.3) is 0 Å². The lowest BCUT2D eigenvalue weighted by Crippen LogP contribution is -2.19. The van der Waals surface area contributed by atoms with E-state index in [1.807, 2.05) is 32.0 Å². The maximum absolute atomic E-state index is 11.9. The zero-order valence-corrected chi connectivity index (χ0v) is 13.9. The summed E-state index contributed by atoms with van der Waals surface area (Å²) >= 11 is 0. The molecule has 1 atom stereocenters. The minimum absolute atomic E-state index is 0.0269. The van der Waals surface area contributed by atoms with Gasteiger partial charge in [0.15, 0.2) is 11.5 Å². The van der Waals surface area contributed by atoms with Crippen LogP contribution < -0.4 is 20.5 Å². The Morgan fingerprint density at radius 1 is 1.18 bits per heavy atom. The second kappa shape index (κ2) is 10.1. The summed E-state index contributed by atoms with van der Waals surface area (Å²) in [7, 11) is 0. The summed E-state index contributed by atoms with van der Waals surface area (Å²) in [6.45, 7) is 7.25. The molecule has 5 nitrogen and oxygen atoms in total. The van der Waals surface area contributed by atoms with Crippen LogP contribution in [0.15, 0.2) is 18.2 Å². The van der Waals surface area contributed by atoms with Crippen LogP contribution in [-0.2, 0) is 4.79 Å². The Kier molecular flexibility index (Phi) is 8.36. The number of rotatable bonds is 10. The third-order valence-electron chi connectivity index (χ3n) is 2.98. The van der Waals surface area contributed by atoms with Crippen molar-refractivity contribution in [1.82, 2.24) is 0 Å². The van der Waals surface area contributed by atoms with E-state index in [1.54, 1.807) is 0 Å². The van der Waals surface area contributed by atoms with E-state index in [9.17, 15) is 4.79 Å². The first-order valence-corrected chi connectivity index (χ1v) is 8.01. The summed E-state index contributed by atoms with van der Waals surface area (Å²) in [6.07, 6.45) is 2.93. The van der Waals surface area contributed by atoms with Gasteiger partial charge in [-0.15, -0.1) is 0 Å². The van der Waals surface area contributed by atoms with Crippen molar-refractivity contribution < 1.29 is 14.3 Å². The van der Waals surface area contributed by atoms with Gasteiger partial charge < -0.3 is 20.5 Å². The highest BCUT2D eigenvalue weighted by Gasteiger charge is 2.09. The molecule has 124 valence electrons. The van der Waals surface area contributed by atoms with Gasteiger partial charge in [0.1, 0.15) is 0 Å². The van der Waals surface area contributed by atoms with E-state index in [4.69, 9.17) is 15.2 Å². The third kappa shape index (κ3) is 6.80. The molecule has 0 aromatic heterocycles. The molecular weight excluding hydrogens is 280 g/mol. The Balaban J connectivity index is 2.72. The number of hydrogen-bond acceptors (Lipinski definition) is 4. The first-order chi connectivity index (χ1) is 10.6. The molecule has 3 N–H and O–H groups in total. The molecule has 1 rings (SSSR count). The van der Waals surface area contributed by atoms with E-state index in [1.165, 1.54) is 0 Å². The lowest BCUT2D eigenvalue weighted by atomic mass is 10.2. The lowest BCUT2D eigenvalue weighted by molar-refractivity contribution is -0.116. The van der Waals surface area contributed by atoms with Crippen molar-refractivity contribution in [1.29, 1.82) is 0 Å². The number of carbonyl (C=O) groups excluding carboxylic acids is 1. The Morgan fingerprint density at radius 3 is 2.41 bits per heavy atom. The molecule has 1 aromatic carbocycles. The van der Waals surface area contributed by atoms with Gasteiger partial charge in [-0.3, -0.25) is 4.79 Å². The topological polar surface area (TPSA) is 73.6 Å². The van der Waals surface area contributed by atoms with E-state index in [0.29, 0.717) is 43.2 Å². The number of nitrogens with one attached hydrogen (secondary N) is 1. The van der Waals surface area contributed by atoms with Crippen molar-refractivity contribution in [3.05, 3.63) is 18.2 Å². The number of anilines is 1. The molecule has 1 amide bonds. The number of carbonyl (C=O) groups is 1. The number of amides is 1. The van der Waals surface area contributed by atoms with Gasteiger partial charge in [0.05, 0.1) is 13.2 Å². The van der Waals surface area contributed by atoms with Gasteiger partial charge in [-0.2, -0.15) is 0 Å². The van der Waals surface area contributed by atoms with E-state index >= 15 is 0 Å². The van der Waals surface area contributed by atoms with E-state index in [0.717, 1.165) is 12.8 Å². The average molecular weight is 308 g/mol. The summed E-state index contributed by atoms with van der Waals surface area (Å²) in [5.74, 6) is 1.34. The quantitative estimate of drug-likeness (QED) is 0.695. The van der Waals surface area contributed by atoms with Crippen LogP contribution in [0.4, 0.5) is 5.69 Å². The molecule has 5 heteroatoms. The first kappa shape index (κ1) is 18.3. The van der Waals surface area contributed by atoms with Crippen molar-refractivity contribution >= 4 is 11.6 Å². The van der Waals surface area contributed by atoms with Gasteiger partial charge in [0, 0.05) is 24.2 Å². The predicted molar refractivity (Wildman–Crippen MR) is 89.5 cm³/mol. The number of benzene rings is 1. The molecule has 0 aliphatic heterocycles. The summed E-state index contributed by atoms with van der Waals surface area (Å²) in [5.41, 5.74) is 6.38. The lowest BCUT2D eigenvalue weighted by Gasteiger charge is -2.14. The third-order valence-corrected chi connectivity index (χ3v) is 2.98. The highest BCUT2D eigenvalue weighted by Crippen LogP contribution is 2.31. The van der Waals surface area contributed by atoms with Crippen LogP contribution in [0.5, 0.6) is 11.5 Å². The zero-order chi connectivity index (χ0) is 16.4. The average Bonchev–Trinajstić information content (AvgIpc) is 2.50. The zero-order valence-electron chi connectivity index (χ0n) is 13.9. The van der Waals surface area contributed by atoms with Gasteiger partial charge in [0.2, 0.25) is 5.91 Å². The Labute approximate surface area is 133 Å². The standard InChI is InChI=1S/C17H28N2O3/c1-4-10-21-15-8-7-14(12-16(15)22-11-5-2)19-17(20)9-6-13(3)18/h7-8,12-13H,4-6,9-11,18H2,1-3H3,(H,19,20). The van der Waals surface area contributed by atoms with Crippen LogP contribution >= 0.6 is 0 Å². The fourth-order valence-corrected chi connectivity index (χ4v) is 1.82. The summed E-state index contributed by atoms with van der Waals surface area (Å²) in [6, 6.07) is 5.50. The monoisotopic (exact) mass is 308 g/mol. The molecule has 0 fully saturated rings. The molecule has 1 unspecified atom stereocenters. The summed E-state index contributed by atoms with van der Waals surface area (Å²) < 4.78 is 11.4. The molecule has 0 bridgehead atoms.